The van der Waals surface area contributed by atoms with Crippen molar-refractivity contribution in [2.24, 2.45) is 5.10 Å². The third-order valence-corrected chi connectivity index (χ3v) is 4.01. The summed E-state index contributed by atoms with van der Waals surface area (Å²) in [5.41, 5.74) is 3.70. The molecule has 0 saturated heterocycles. The lowest BCUT2D eigenvalue weighted by molar-refractivity contribution is 0.932. The molecule has 0 saturated carbocycles. The van der Waals surface area contributed by atoms with Crippen LogP contribution in [0.2, 0.25) is 5.02 Å². The minimum absolute atomic E-state index is 0.189. The fourth-order valence-electron chi connectivity index (χ4n) is 2.28. The summed E-state index contributed by atoms with van der Waals surface area (Å²) in [6, 6.07) is 14.1. The largest absolute Gasteiger partial charge is 0.364 e. The van der Waals surface area contributed by atoms with Crippen molar-refractivity contribution in [3.8, 4) is 5.69 Å². The first-order valence-electron chi connectivity index (χ1n) is 7.38. The van der Waals surface area contributed by atoms with E-state index in [-0.39, 0.29) is 5.56 Å². The third kappa shape index (κ3) is 3.67. The van der Waals surface area contributed by atoms with Crippen molar-refractivity contribution in [2.75, 3.05) is 7.05 Å². The summed E-state index contributed by atoms with van der Waals surface area (Å²) in [6.45, 7) is 0. The van der Waals surface area contributed by atoms with Gasteiger partial charge < -0.3 is 5.32 Å². The summed E-state index contributed by atoms with van der Waals surface area (Å²) in [7, 11) is 1.68. The Morgan fingerprint density at radius 1 is 1.24 bits per heavy atom. The van der Waals surface area contributed by atoms with Crippen molar-refractivity contribution in [1.82, 2.24) is 20.3 Å². The number of thiocarbonyl (C=S) groups is 1. The van der Waals surface area contributed by atoms with Gasteiger partial charge in [-0.3, -0.25) is 14.8 Å². The van der Waals surface area contributed by atoms with Gasteiger partial charge in [-0.25, -0.2) is 4.98 Å². The van der Waals surface area contributed by atoms with Gasteiger partial charge in [-0.15, -0.1) is 0 Å². The van der Waals surface area contributed by atoms with Gasteiger partial charge in [0.1, 0.15) is 0 Å². The van der Waals surface area contributed by atoms with E-state index in [2.05, 4.69) is 20.8 Å². The minimum Gasteiger partial charge on any atom is -0.364 e. The molecule has 8 heteroatoms. The van der Waals surface area contributed by atoms with Crippen LogP contribution in [0.4, 0.5) is 0 Å². The molecule has 1 aromatic heterocycles. The number of nitrogens with one attached hydrogen (secondary N) is 2. The fourth-order valence-corrected chi connectivity index (χ4v) is 2.46. The molecular weight excluding hydrogens is 358 g/mol. The highest BCUT2D eigenvalue weighted by atomic mass is 35.5. The summed E-state index contributed by atoms with van der Waals surface area (Å²) in [6.07, 6.45) is 1.45. The van der Waals surface area contributed by atoms with Gasteiger partial charge in [-0.1, -0.05) is 23.7 Å². The SMILES string of the molecule is CNC(=S)NN=Cc1nc2ccccc2c(=O)n1-c1ccc(Cl)cc1. The van der Waals surface area contributed by atoms with Gasteiger partial charge in [0, 0.05) is 12.1 Å². The Balaban J connectivity index is 2.19. The van der Waals surface area contributed by atoms with Gasteiger partial charge in [0.2, 0.25) is 0 Å². The van der Waals surface area contributed by atoms with E-state index in [0.29, 0.717) is 32.5 Å². The van der Waals surface area contributed by atoms with Gasteiger partial charge >= 0.3 is 0 Å². The summed E-state index contributed by atoms with van der Waals surface area (Å²) < 4.78 is 1.48. The van der Waals surface area contributed by atoms with Crippen molar-refractivity contribution in [1.29, 1.82) is 0 Å². The average Bonchev–Trinajstić information content (AvgIpc) is 2.63. The molecule has 6 nitrogen and oxygen atoms in total. The number of benzene rings is 2. The molecule has 0 fully saturated rings. The molecule has 25 heavy (non-hydrogen) atoms. The van der Waals surface area contributed by atoms with Crippen LogP contribution in [0.5, 0.6) is 0 Å². The molecule has 2 N–H and O–H groups in total. The molecule has 1 heterocycles. The Morgan fingerprint density at radius 3 is 2.68 bits per heavy atom. The predicted octanol–water partition coefficient (Wildman–Crippen LogP) is 2.47. The van der Waals surface area contributed by atoms with Gasteiger partial charge in [0.05, 0.1) is 22.8 Å². The van der Waals surface area contributed by atoms with E-state index in [1.165, 1.54) is 10.8 Å². The molecule has 0 unspecified atom stereocenters. The molecule has 2 aromatic carbocycles. The van der Waals surface area contributed by atoms with Gasteiger partial charge in [0.25, 0.3) is 5.56 Å². The lowest BCUT2D eigenvalue weighted by Gasteiger charge is -2.11. The maximum Gasteiger partial charge on any atom is 0.266 e. The van der Waals surface area contributed by atoms with Crippen molar-refractivity contribution < 1.29 is 0 Å². The molecule has 3 rings (SSSR count). The number of nitrogens with zero attached hydrogens (tertiary/aromatic N) is 3. The zero-order chi connectivity index (χ0) is 17.8. The second-order valence-corrected chi connectivity index (χ2v) is 5.90. The highest BCUT2D eigenvalue weighted by Crippen LogP contribution is 2.15. The summed E-state index contributed by atoms with van der Waals surface area (Å²) in [4.78, 5) is 17.5. The normalized spacial score (nSPS) is 11.0. The molecule has 0 aliphatic carbocycles. The van der Waals surface area contributed by atoms with Crippen molar-refractivity contribution in [2.45, 2.75) is 0 Å². The number of fused-ring (bicyclic) bond motifs is 1. The van der Waals surface area contributed by atoms with Crippen molar-refractivity contribution in [3.05, 3.63) is 69.7 Å². The molecule has 126 valence electrons. The number of halogens is 1. The van der Waals surface area contributed by atoms with Crippen LogP contribution in [0.15, 0.2) is 58.4 Å². The van der Waals surface area contributed by atoms with Crippen LogP contribution >= 0.6 is 23.8 Å². The standard InChI is InChI=1S/C17H14ClN5OS/c1-19-17(25)22-20-10-15-21-14-5-3-2-4-13(14)16(24)23(15)12-8-6-11(18)7-9-12/h2-10H,1H3,(H2,19,22,25). The number of hydrogen-bond acceptors (Lipinski definition) is 4. The van der Waals surface area contributed by atoms with Crippen molar-refractivity contribution in [3.63, 3.8) is 0 Å². The highest BCUT2D eigenvalue weighted by Gasteiger charge is 2.11. The highest BCUT2D eigenvalue weighted by molar-refractivity contribution is 7.80. The summed E-state index contributed by atoms with van der Waals surface area (Å²) >= 11 is 10.9. The Labute approximate surface area is 154 Å². The first kappa shape index (κ1) is 17.1. The second kappa shape index (κ2) is 7.42. The van der Waals surface area contributed by atoms with E-state index >= 15 is 0 Å². The lowest BCUT2D eigenvalue weighted by atomic mass is 10.2. The van der Waals surface area contributed by atoms with E-state index in [0.717, 1.165) is 0 Å². The van der Waals surface area contributed by atoms with Crippen LogP contribution < -0.4 is 16.3 Å². The Bertz CT molecular complexity index is 1010. The molecular formula is C17H14ClN5OS. The number of hydrazone groups is 1. The van der Waals surface area contributed by atoms with Gasteiger partial charge in [-0.2, -0.15) is 5.10 Å². The van der Waals surface area contributed by atoms with E-state index in [1.807, 2.05) is 6.07 Å². The maximum atomic E-state index is 13.0. The monoisotopic (exact) mass is 371 g/mol. The molecule has 0 aliphatic heterocycles. The van der Waals surface area contributed by atoms with E-state index in [1.54, 1.807) is 49.5 Å². The van der Waals surface area contributed by atoms with E-state index in [9.17, 15) is 4.79 Å². The average molecular weight is 372 g/mol. The number of para-hydroxylation sites is 1. The van der Waals surface area contributed by atoms with E-state index in [4.69, 9.17) is 23.8 Å². The molecule has 3 aromatic rings. The molecule has 0 bridgehead atoms. The zero-order valence-corrected chi connectivity index (χ0v) is 14.8. The molecule has 0 spiro atoms. The van der Waals surface area contributed by atoms with Gasteiger partial charge in [-0.05, 0) is 48.6 Å². The number of rotatable bonds is 3. The van der Waals surface area contributed by atoms with E-state index < -0.39 is 0 Å². The number of aromatic nitrogens is 2. The van der Waals surface area contributed by atoms with Crippen LogP contribution in [-0.2, 0) is 0 Å². The topological polar surface area (TPSA) is 71.3 Å². The van der Waals surface area contributed by atoms with Crippen molar-refractivity contribution >= 4 is 46.0 Å². The smallest absolute Gasteiger partial charge is 0.266 e. The Morgan fingerprint density at radius 2 is 1.96 bits per heavy atom. The quantitative estimate of drug-likeness (QED) is 0.420. The first-order valence-corrected chi connectivity index (χ1v) is 8.17. The Kier molecular flexibility index (Phi) is 5.06. The predicted molar refractivity (Wildman–Crippen MR) is 105 cm³/mol. The lowest BCUT2D eigenvalue weighted by Crippen LogP contribution is -2.29. The van der Waals surface area contributed by atoms with Crippen LogP contribution in [0.25, 0.3) is 16.6 Å². The van der Waals surface area contributed by atoms with Crippen LogP contribution in [0.1, 0.15) is 5.82 Å². The minimum atomic E-state index is -0.189. The summed E-state index contributed by atoms with van der Waals surface area (Å²) in [5, 5.41) is 8.25. The number of hydrogen-bond donors (Lipinski definition) is 2. The molecule has 0 amide bonds. The zero-order valence-electron chi connectivity index (χ0n) is 13.2. The van der Waals surface area contributed by atoms with Crippen LogP contribution in [0.3, 0.4) is 0 Å². The first-order chi connectivity index (χ1) is 12.1. The second-order valence-electron chi connectivity index (χ2n) is 5.05. The molecule has 0 aliphatic rings. The summed E-state index contributed by atoms with van der Waals surface area (Å²) in [5.74, 6) is 0.373. The Hall–Kier alpha value is -2.77. The van der Waals surface area contributed by atoms with Crippen LogP contribution in [0, 0.1) is 0 Å². The molecule has 0 atom stereocenters. The van der Waals surface area contributed by atoms with Gasteiger partial charge in [0.15, 0.2) is 10.9 Å². The fraction of sp³-hybridized carbons (Fsp3) is 0.0588. The molecule has 0 radical (unpaired) electrons. The third-order valence-electron chi connectivity index (χ3n) is 3.46. The maximum absolute atomic E-state index is 13.0. The van der Waals surface area contributed by atoms with Crippen LogP contribution in [-0.4, -0.2) is 27.9 Å².